The van der Waals surface area contributed by atoms with Crippen LogP contribution in [0.4, 0.5) is 0 Å². The zero-order valence-electron chi connectivity index (χ0n) is 8.54. The van der Waals surface area contributed by atoms with Gasteiger partial charge in [-0.05, 0) is 11.6 Å². The van der Waals surface area contributed by atoms with E-state index in [1.807, 2.05) is 30.3 Å². The minimum absolute atomic E-state index is 0.737. The Labute approximate surface area is 92.7 Å². The van der Waals surface area contributed by atoms with Crippen LogP contribution in [0, 0.1) is 0 Å². The summed E-state index contributed by atoms with van der Waals surface area (Å²) in [5.74, 6) is 0. The first kappa shape index (κ1) is 9.51. The topological polar surface area (TPSA) is 53.4 Å². The smallest absolute Gasteiger partial charge is 0.109 e. The number of aromatic nitrogens is 1. The van der Waals surface area contributed by atoms with Gasteiger partial charge in [0.25, 0.3) is 0 Å². The maximum absolute atomic E-state index is 9.86. The van der Waals surface area contributed by atoms with Crippen LogP contribution < -0.4 is 0 Å². The maximum Gasteiger partial charge on any atom is 0.109 e. The van der Waals surface area contributed by atoms with E-state index >= 15 is 0 Å². The molecule has 80 valence electrons. The van der Waals surface area contributed by atoms with E-state index in [1.54, 1.807) is 12.3 Å². The molecule has 1 heterocycles. The summed E-state index contributed by atoms with van der Waals surface area (Å²) >= 11 is 0. The summed E-state index contributed by atoms with van der Waals surface area (Å²) in [5.41, 5.74) is 2.50. The van der Waals surface area contributed by atoms with Crippen molar-refractivity contribution in [1.29, 1.82) is 0 Å². The number of fused-ring (bicyclic) bond motifs is 3. The number of rotatable bonds is 0. The van der Waals surface area contributed by atoms with Gasteiger partial charge >= 0.3 is 0 Å². The Balaban J connectivity index is 2.34. The molecule has 0 radical (unpaired) electrons. The highest BCUT2D eigenvalue weighted by molar-refractivity contribution is 5.89. The highest BCUT2D eigenvalue weighted by Crippen LogP contribution is 2.32. The summed E-state index contributed by atoms with van der Waals surface area (Å²) in [4.78, 5) is 4.31. The third-order valence-corrected chi connectivity index (χ3v) is 2.95. The molecule has 16 heavy (non-hydrogen) atoms. The lowest BCUT2D eigenvalue weighted by molar-refractivity contribution is 0.0471. The predicted molar refractivity (Wildman–Crippen MR) is 61.7 cm³/mol. The van der Waals surface area contributed by atoms with Crippen molar-refractivity contribution in [3.8, 4) is 0 Å². The monoisotopic (exact) mass is 213 g/mol. The summed E-state index contributed by atoms with van der Waals surface area (Å²) in [6.45, 7) is 0. The van der Waals surface area contributed by atoms with Gasteiger partial charge in [-0.3, -0.25) is 4.98 Å². The van der Waals surface area contributed by atoms with E-state index in [4.69, 9.17) is 0 Å². The number of hydrogen-bond donors (Lipinski definition) is 2. The molecule has 1 aliphatic carbocycles. The summed E-state index contributed by atoms with van der Waals surface area (Å²) in [6, 6.07) is 7.62. The average Bonchev–Trinajstić information content (AvgIpc) is 2.33. The van der Waals surface area contributed by atoms with E-state index in [0.29, 0.717) is 0 Å². The molecule has 1 aromatic heterocycles. The van der Waals surface area contributed by atoms with Crippen LogP contribution in [0.5, 0.6) is 0 Å². The van der Waals surface area contributed by atoms with Gasteiger partial charge in [0.15, 0.2) is 0 Å². The summed E-state index contributed by atoms with van der Waals surface area (Å²) < 4.78 is 0. The largest absolute Gasteiger partial charge is 0.386 e. The maximum atomic E-state index is 9.86. The molecule has 0 bridgehead atoms. The molecule has 3 rings (SSSR count). The van der Waals surface area contributed by atoms with E-state index in [-0.39, 0.29) is 0 Å². The third kappa shape index (κ3) is 1.26. The highest BCUT2D eigenvalue weighted by Gasteiger charge is 2.23. The SMILES string of the molecule is O[C@@H]1c2ccc3cccnc3c2C=C[C@@H]1O. The average molecular weight is 213 g/mol. The number of pyridine rings is 1. The molecule has 0 fully saturated rings. The number of nitrogens with zero attached hydrogens (tertiary/aromatic N) is 1. The number of aliphatic hydroxyl groups is 2. The van der Waals surface area contributed by atoms with Gasteiger partial charge in [-0.1, -0.05) is 30.4 Å². The van der Waals surface area contributed by atoms with E-state index < -0.39 is 12.2 Å². The number of benzene rings is 1. The number of hydrogen-bond acceptors (Lipinski definition) is 3. The molecule has 0 saturated carbocycles. The Kier molecular flexibility index (Phi) is 2.02. The Hall–Kier alpha value is -1.71. The van der Waals surface area contributed by atoms with E-state index in [9.17, 15) is 10.2 Å². The second-order valence-electron chi connectivity index (χ2n) is 3.94. The lowest BCUT2D eigenvalue weighted by Gasteiger charge is -2.22. The second-order valence-corrected chi connectivity index (χ2v) is 3.94. The third-order valence-electron chi connectivity index (χ3n) is 2.95. The Morgan fingerprint density at radius 3 is 2.88 bits per heavy atom. The Morgan fingerprint density at radius 2 is 2.00 bits per heavy atom. The van der Waals surface area contributed by atoms with Crippen LogP contribution in [0.25, 0.3) is 17.0 Å². The van der Waals surface area contributed by atoms with Gasteiger partial charge in [0.05, 0.1) is 5.52 Å². The van der Waals surface area contributed by atoms with Gasteiger partial charge in [0, 0.05) is 17.1 Å². The first-order valence-corrected chi connectivity index (χ1v) is 5.19. The molecule has 0 unspecified atom stereocenters. The van der Waals surface area contributed by atoms with Gasteiger partial charge in [-0.25, -0.2) is 0 Å². The quantitative estimate of drug-likeness (QED) is 0.699. The first-order valence-electron chi connectivity index (χ1n) is 5.19. The van der Waals surface area contributed by atoms with Crippen molar-refractivity contribution in [2.24, 2.45) is 0 Å². The van der Waals surface area contributed by atoms with Gasteiger partial charge in [0.2, 0.25) is 0 Å². The predicted octanol–water partition coefficient (Wildman–Crippen LogP) is 1.66. The van der Waals surface area contributed by atoms with Crippen molar-refractivity contribution in [3.05, 3.63) is 47.7 Å². The standard InChI is InChI=1S/C13H11NO2/c15-11-6-5-9-10(13(11)16)4-3-8-2-1-7-14-12(8)9/h1-7,11,13,15-16H/t11-,13+/m0/s1. The molecule has 1 aromatic carbocycles. The molecule has 0 aliphatic heterocycles. The molecule has 3 heteroatoms. The van der Waals surface area contributed by atoms with Gasteiger partial charge in [-0.15, -0.1) is 0 Å². The van der Waals surface area contributed by atoms with Crippen LogP contribution >= 0.6 is 0 Å². The molecular formula is C13H11NO2. The van der Waals surface area contributed by atoms with Crippen molar-refractivity contribution in [3.63, 3.8) is 0 Å². The van der Waals surface area contributed by atoms with Gasteiger partial charge in [0.1, 0.15) is 12.2 Å². The minimum atomic E-state index is -0.855. The zero-order valence-corrected chi connectivity index (χ0v) is 8.54. The number of aliphatic hydroxyl groups excluding tert-OH is 2. The highest BCUT2D eigenvalue weighted by atomic mass is 16.3. The lowest BCUT2D eigenvalue weighted by atomic mass is 9.91. The van der Waals surface area contributed by atoms with Crippen LogP contribution in [0.15, 0.2) is 36.5 Å². The fourth-order valence-electron chi connectivity index (χ4n) is 2.10. The molecule has 1 aliphatic rings. The Morgan fingerprint density at radius 1 is 1.12 bits per heavy atom. The molecule has 2 aromatic rings. The normalized spacial score (nSPS) is 23.4. The van der Waals surface area contributed by atoms with Crippen molar-refractivity contribution in [2.75, 3.05) is 0 Å². The van der Waals surface area contributed by atoms with Crippen LogP contribution in [0.2, 0.25) is 0 Å². The van der Waals surface area contributed by atoms with Crippen LogP contribution in [-0.4, -0.2) is 21.3 Å². The molecule has 0 spiro atoms. The van der Waals surface area contributed by atoms with Crippen molar-refractivity contribution in [2.45, 2.75) is 12.2 Å². The molecule has 2 atom stereocenters. The molecule has 0 amide bonds. The summed E-state index contributed by atoms with van der Waals surface area (Å²) in [6.07, 6.45) is 3.47. The first-order chi connectivity index (χ1) is 7.77. The summed E-state index contributed by atoms with van der Waals surface area (Å²) in [7, 11) is 0. The molecule has 0 saturated heterocycles. The van der Waals surface area contributed by atoms with E-state index in [2.05, 4.69) is 4.98 Å². The minimum Gasteiger partial charge on any atom is -0.386 e. The molecule has 3 nitrogen and oxygen atoms in total. The lowest BCUT2D eigenvalue weighted by Crippen LogP contribution is -2.19. The summed E-state index contributed by atoms with van der Waals surface area (Å²) in [5, 5.41) is 20.4. The zero-order chi connectivity index (χ0) is 11.1. The fraction of sp³-hybridized carbons (Fsp3) is 0.154. The van der Waals surface area contributed by atoms with Crippen molar-refractivity contribution < 1.29 is 10.2 Å². The van der Waals surface area contributed by atoms with E-state index in [1.165, 1.54) is 0 Å². The van der Waals surface area contributed by atoms with Gasteiger partial charge in [-0.2, -0.15) is 0 Å². The second kappa shape index (κ2) is 3.40. The molecule has 2 N–H and O–H groups in total. The van der Waals surface area contributed by atoms with Crippen LogP contribution in [0.3, 0.4) is 0 Å². The van der Waals surface area contributed by atoms with Crippen LogP contribution in [0.1, 0.15) is 17.2 Å². The van der Waals surface area contributed by atoms with Crippen LogP contribution in [-0.2, 0) is 0 Å². The van der Waals surface area contributed by atoms with Gasteiger partial charge < -0.3 is 10.2 Å². The van der Waals surface area contributed by atoms with Crippen molar-refractivity contribution >= 4 is 17.0 Å². The Bertz CT molecular complexity index is 577. The fourth-order valence-corrected chi connectivity index (χ4v) is 2.10. The van der Waals surface area contributed by atoms with E-state index in [0.717, 1.165) is 22.0 Å². The van der Waals surface area contributed by atoms with Crippen molar-refractivity contribution in [1.82, 2.24) is 4.98 Å². The molecular weight excluding hydrogens is 202 g/mol.